The van der Waals surface area contributed by atoms with E-state index in [-0.39, 0.29) is 11.7 Å². The number of benzene rings is 1. The molecule has 1 N–H and O–H groups in total. The van der Waals surface area contributed by atoms with E-state index in [1.54, 1.807) is 19.9 Å². The molecule has 2 heterocycles. The van der Waals surface area contributed by atoms with Crippen molar-refractivity contribution in [2.24, 2.45) is 0 Å². The van der Waals surface area contributed by atoms with E-state index in [1.807, 2.05) is 25.1 Å². The van der Waals surface area contributed by atoms with Gasteiger partial charge >= 0.3 is 0 Å². The zero-order valence-corrected chi connectivity index (χ0v) is 14.0. The van der Waals surface area contributed by atoms with Gasteiger partial charge in [-0.2, -0.15) is 0 Å². The van der Waals surface area contributed by atoms with Gasteiger partial charge < -0.3 is 5.32 Å². The molecular formula is C16H15ClN2O2S. The van der Waals surface area contributed by atoms with Gasteiger partial charge in [0.25, 0.3) is 0 Å². The van der Waals surface area contributed by atoms with Crippen molar-refractivity contribution in [3.05, 3.63) is 39.9 Å². The fraction of sp³-hybridized carbons (Fsp3) is 0.312. The number of halogens is 1. The molecule has 3 rings (SSSR count). The molecule has 1 aromatic heterocycles. The number of amides is 1. The van der Waals surface area contributed by atoms with Gasteiger partial charge in [0, 0.05) is 15.5 Å². The largest absolute Gasteiger partial charge is 0.343 e. The van der Waals surface area contributed by atoms with Crippen LogP contribution >= 0.6 is 22.9 Å². The Morgan fingerprint density at radius 3 is 2.64 bits per heavy atom. The van der Waals surface area contributed by atoms with Gasteiger partial charge in [-0.3, -0.25) is 9.59 Å². The molecule has 1 amide bonds. The number of Topliss-reactive ketones (excluding diaryl/α,β-unsaturated/α-hetero) is 1. The number of ketones is 1. The van der Waals surface area contributed by atoms with Crippen LogP contribution in [0.5, 0.6) is 0 Å². The van der Waals surface area contributed by atoms with E-state index in [4.69, 9.17) is 11.6 Å². The normalized spacial score (nSPS) is 20.3. The number of carbonyl (C=O) groups excluding carboxylic acids is 2. The van der Waals surface area contributed by atoms with Crippen LogP contribution in [0.2, 0.25) is 5.02 Å². The lowest BCUT2D eigenvalue weighted by Gasteiger charge is -2.14. The SMILES string of the molecule is Cc1sc(-c2cccc(Cl)c2)nc1C1C(=O)NC(C)(C)C1=O. The Balaban J connectivity index is 2.04. The molecule has 4 nitrogen and oxygen atoms in total. The number of nitrogens with zero attached hydrogens (tertiary/aromatic N) is 1. The molecule has 0 saturated carbocycles. The Hall–Kier alpha value is -1.72. The highest BCUT2D eigenvalue weighted by Crippen LogP contribution is 2.36. The van der Waals surface area contributed by atoms with Crippen molar-refractivity contribution < 1.29 is 9.59 Å². The summed E-state index contributed by atoms with van der Waals surface area (Å²) in [5.41, 5.74) is 0.596. The molecule has 6 heteroatoms. The Morgan fingerprint density at radius 1 is 1.32 bits per heavy atom. The van der Waals surface area contributed by atoms with Crippen LogP contribution in [-0.2, 0) is 9.59 Å². The van der Waals surface area contributed by atoms with Crippen LogP contribution in [0, 0.1) is 6.92 Å². The number of carbonyl (C=O) groups is 2. The molecule has 1 aromatic carbocycles. The minimum atomic E-state index is -0.839. The molecule has 22 heavy (non-hydrogen) atoms. The molecule has 1 aliphatic heterocycles. The van der Waals surface area contributed by atoms with Gasteiger partial charge in [-0.05, 0) is 32.9 Å². The molecule has 0 radical (unpaired) electrons. The maximum atomic E-state index is 12.5. The van der Waals surface area contributed by atoms with Crippen LogP contribution < -0.4 is 5.32 Å². The molecule has 0 bridgehead atoms. The average molecular weight is 335 g/mol. The summed E-state index contributed by atoms with van der Waals surface area (Å²) in [5.74, 6) is -1.23. The third kappa shape index (κ3) is 2.44. The minimum Gasteiger partial charge on any atom is -0.343 e. The Labute approximate surface area is 137 Å². The highest BCUT2D eigenvalue weighted by molar-refractivity contribution is 7.15. The number of aromatic nitrogens is 1. The van der Waals surface area contributed by atoms with E-state index >= 15 is 0 Å². The predicted molar refractivity (Wildman–Crippen MR) is 87.3 cm³/mol. The van der Waals surface area contributed by atoms with Crippen molar-refractivity contribution in [2.45, 2.75) is 32.2 Å². The summed E-state index contributed by atoms with van der Waals surface area (Å²) < 4.78 is 0. The summed E-state index contributed by atoms with van der Waals surface area (Å²) in [6.07, 6.45) is 0. The maximum Gasteiger partial charge on any atom is 0.237 e. The lowest BCUT2D eigenvalue weighted by atomic mass is 9.92. The van der Waals surface area contributed by atoms with Gasteiger partial charge in [-0.15, -0.1) is 11.3 Å². The van der Waals surface area contributed by atoms with Gasteiger partial charge in [-0.1, -0.05) is 23.7 Å². The van der Waals surface area contributed by atoms with Gasteiger partial charge in [0.1, 0.15) is 10.9 Å². The summed E-state index contributed by atoms with van der Waals surface area (Å²) in [6.45, 7) is 5.31. The van der Waals surface area contributed by atoms with Gasteiger partial charge in [0.05, 0.1) is 11.2 Å². The van der Waals surface area contributed by atoms with Crippen LogP contribution in [0.1, 0.15) is 30.3 Å². The first-order chi connectivity index (χ1) is 10.3. The van der Waals surface area contributed by atoms with Gasteiger partial charge in [0.2, 0.25) is 5.91 Å². The van der Waals surface area contributed by atoms with Crippen molar-refractivity contribution in [3.8, 4) is 10.6 Å². The highest BCUT2D eigenvalue weighted by Gasteiger charge is 2.48. The first-order valence-corrected chi connectivity index (χ1v) is 8.08. The molecule has 1 atom stereocenters. The van der Waals surface area contributed by atoms with Crippen LogP contribution in [0.25, 0.3) is 10.6 Å². The summed E-state index contributed by atoms with van der Waals surface area (Å²) >= 11 is 7.48. The lowest BCUT2D eigenvalue weighted by Crippen LogP contribution is -2.39. The number of hydrogen-bond donors (Lipinski definition) is 1. The third-order valence-electron chi connectivity index (χ3n) is 3.75. The van der Waals surface area contributed by atoms with E-state index in [0.29, 0.717) is 10.7 Å². The second kappa shape index (κ2) is 5.18. The quantitative estimate of drug-likeness (QED) is 0.857. The fourth-order valence-electron chi connectivity index (χ4n) is 2.59. The molecule has 1 fully saturated rings. The third-order valence-corrected chi connectivity index (χ3v) is 5.02. The summed E-state index contributed by atoms with van der Waals surface area (Å²) in [5, 5.41) is 4.12. The number of hydrogen-bond acceptors (Lipinski definition) is 4. The number of aryl methyl sites for hydroxylation is 1. The smallest absolute Gasteiger partial charge is 0.237 e. The van der Waals surface area contributed by atoms with Gasteiger partial charge in [0.15, 0.2) is 5.78 Å². The van der Waals surface area contributed by atoms with Crippen molar-refractivity contribution in [1.29, 1.82) is 0 Å². The summed E-state index contributed by atoms with van der Waals surface area (Å²) in [7, 11) is 0. The van der Waals surface area contributed by atoms with E-state index in [9.17, 15) is 9.59 Å². The Morgan fingerprint density at radius 2 is 2.05 bits per heavy atom. The van der Waals surface area contributed by atoms with E-state index in [1.165, 1.54) is 11.3 Å². The second-order valence-corrected chi connectivity index (χ2v) is 7.52. The maximum absolute atomic E-state index is 12.5. The molecule has 0 aliphatic carbocycles. The van der Waals surface area contributed by atoms with E-state index in [0.717, 1.165) is 15.4 Å². The average Bonchev–Trinajstić information content (AvgIpc) is 2.89. The van der Waals surface area contributed by atoms with Crippen molar-refractivity contribution >= 4 is 34.6 Å². The zero-order chi connectivity index (χ0) is 16.1. The van der Waals surface area contributed by atoms with E-state index < -0.39 is 11.5 Å². The predicted octanol–water partition coefficient (Wildman–Crippen LogP) is 3.33. The summed E-state index contributed by atoms with van der Waals surface area (Å²) in [6, 6.07) is 7.38. The number of rotatable bonds is 2. The Bertz CT molecular complexity index is 782. The molecular weight excluding hydrogens is 320 g/mol. The monoisotopic (exact) mass is 334 g/mol. The van der Waals surface area contributed by atoms with Crippen molar-refractivity contribution in [1.82, 2.24) is 10.3 Å². The number of thiazole rings is 1. The molecule has 2 aromatic rings. The van der Waals surface area contributed by atoms with E-state index in [2.05, 4.69) is 10.3 Å². The van der Waals surface area contributed by atoms with Gasteiger partial charge in [-0.25, -0.2) is 4.98 Å². The first-order valence-electron chi connectivity index (χ1n) is 6.89. The Kier molecular flexibility index (Phi) is 3.57. The lowest BCUT2D eigenvalue weighted by molar-refractivity contribution is -0.125. The first kappa shape index (κ1) is 15.2. The second-order valence-electron chi connectivity index (χ2n) is 5.88. The molecule has 1 unspecified atom stereocenters. The van der Waals surface area contributed by atoms with Crippen molar-refractivity contribution in [2.75, 3.05) is 0 Å². The fourth-order valence-corrected chi connectivity index (χ4v) is 3.73. The number of nitrogens with one attached hydrogen (secondary N) is 1. The summed E-state index contributed by atoms with van der Waals surface area (Å²) in [4.78, 5) is 30.0. The zero-order valence-electron chi connectivity index (χ0n) is 12.4. The topological polar surface area (TPSA) is 59.1 Å². The minimum absolute atomic E-state index is 0.136. The molecule has 114 valence electrons. The molecule has 1 saturated heterocycles. The van der Waals surface area contributed by atoms with Crippen LogP contribution in [0.4, 0.5) is 0 Å². The van der Waals surface area contributed by atoms with Crippen LogP contribution in [0.15, 0.2) is 24.3 Å². The van der Waals surface area contributed by atoms with Crippen LogP contribution in [0.3, 0.4) is 0 Å². The highest BCUT2D eigenvalue weighted by atomic mass is 35.5. The van der Waals surface area contributed by atoms with Crippen LogP contribution in [-0.4, -0.2) is 22.2 Å². The molecule has 1 aliphatic rings. The van der Waals surface area contributed by atoms with Crippen molar-refractivity contribution in [3.63, 3.8) is 0 Å². The molecule has 0 spiro atoms. The standard InChI is InChI=1S/C16H15ClN2O2S/c1-8-12(11-13(20)16(2,3)19-14(11)21)18-15(22-8)9-5-4-6-10(17)7-9/h4-7,11H,1-3H3,(H,19,21).